The van der Waals surface area contributed by atoms with Crippen LogP contribution in [0.25, 0.3) is 0 Å². The molecule has 6 nitrogen and oxygen atoms in total. The zero-order valence-electron chi connectivity index (χ0n) is 11.4. The van der Waals surface area contributed by atoms with Crippen LogP contribution in [0.4, 0.5) is 0 Å². The molecule has 1 atom stereocenters. The summed E-state index contributed by atoms with van der Waals surface area (Å²) in [5, 5.41) is 7.20. The third-order valence-electron chi connectivity index (χ3n) is 3.81. The van der Waals surface area contributed by atoms with Gasteiger partial charge in [-0.1, -0.05) is 0 Å². The Balaban J connectivity index is 1.53. The Morgan fingerprint density at radius 3 is 2.95 bits per heavy atom. The van der Waals surface area contributed by atoms with E-state index in [4.69, 9.17) is 4.74 Å². The molecule has 0 bridgehead atoms. The molecule has 1 aliphatic carbocycles. The molecule has 1 aromatic rings. The van der Waals surface area contributed by atoms with Crippen LogP contribution in [0.1, 0.15) is 30.9 Å². The molecule has 1 aliphatic heterocycles. The van der Waals surface area contributed by atoms with E-state index in [1.165, 1.54) is 4.68 Å². The Hall–Kier alpha value is -1.69. The van der Waals surface area contributed by atoms with Gasteiger partial charge in [-0.25, -0.2) is 4.68 Å². The Morgan fingerprint density at radius 2 is 2.25 bits per heavy atom. The van der Waals surface area contributed by atoms with Crippen molar-refractivity contribution in [2.24, 2.45) is 5.92 Å². The lowest BCUT2D eigenvalue weighted by atomic mass is 10.1. The molecule has 1 unspecified atom stereocenters. The molecule has 0 radical (unpaired) electrons. The van der Waals surface area contributed by atoms with Gasteiger partial charge in [0.15, 0.2) is 0 Å². The second-order valence-electron chi connectivity index (χ2n) is 5.45. The van der Waals surface area contributed by atoms with E-state index in [2.05, 4.69) is 10.4 Å². The number of nitrogens with one attached hydrogen (secondary N) is 1. The highest BCUT2D eigenvalue weighted by molar-refractivity contribution is 5.78. The van der Waals surface area contributed by atoms with E-state index in [9.17, 15) is 9.59 Å². The second kappa shape index (κ2) is 5.75. The van der Waals surface area contributed by atoms with Gasteiger partial charge < -0.3 is 10.1 Å². The highest BCUT2D eigenvalue weighted by Gasteiger charge is 2.26. The molecule has 1 N–H and O–H groups in total. The summed E-state index contributed by atoms with van der Waals surface area (Å²) in [7, 11) is 0. The molecule has 3 rings (SSSR count). The summed E-state index contributed by atoms with van der Waals surface area (Å²) < 4.78 is 6.63. The first kappa shape index (κ1) is 13.3. The van der Waals surface area contributed by atoms with Crippen molar-refractivity contribution in [3.63, 3.8) is 0 Å². The van der Waals surface area contributed by atoms with Crippen LogP contribution in [0.5, 0.6) is 0 Å². The van der Waals surface area contributed by atoms with Crippen molar-refractivity contribution < 1.29 is 9.53 Å². The van der Waals surface area contributed by atoms with Crippen molar-refractivity contribution in [3.05, 3.63) is 28.2 Å². The van der Waals surface area contributed by atoms with Gasteiger partial charge in [-0.05, 0) is 25.3 Å². The molecule has 1 amide bonds. The number of ether oxygens (including phenoxy) is 1. The Kier molecular flexibility index (Phi) is 3.82. The molecule has 108 valence electrons. The molecule has 0 aromatic carbocycles. The summed E-state index contributed by atoms with van der Waals surface area (Å²) in [5.41, 5.74) is 0.868. The minimum atomic E-state index is -0.118. The minimum Gasteiger partial charge on any atom is -0.381 e. The number of hydrogen-bond donors (Lipinski definition) is 1. The first-order chi connectivity index (χ1) is 9.74. The van der Waals surface area contributed by atoms with Crippen molar-refractivity contribution in [1.82, 2.24) is 15.1 Å². The van der Waals surface area contributed by atoms with Crippen LogP contribution in [0.2, 0.25) is 0 Å². The predicted octanol–water partition coefficient (Wildman–Crippen LogP) is 0.273. The van der Waals surface area contributed by atoms with Crippen molar-refractivity contribution in [1.29, 1.82) is 0 Å². The van der Waals surface area contributed by atoms with Crippen LogP contribution in [-0.2, 0) is 16.1 Å². The van der Waals surface area contributed by atoms with Crippen LogP contribution in [0, 0.1) is 5.92 Å². The molecule has 1 saturated carbocycles. The molecule has 0 spiro atoms. The fourth-order valence-corrected chi connectivity index (χ4v) is 2.39. The average molecular weight is 277 g/mol. The van der Waals surface area contributed by atoms with Gasteiger partial charge in [0, 0.05) is 25.1 Å². The predicted molar refractivity (Wildman–Crippen MR) is 72.4 cm³/mol. The lowest BCUT2D eigenvalue weighted by Crippen LogP contribution is -2.35. The monoisotopic (exact) mass is 277 g/mol. The van der Waals surface area contributed by atoms with E-state index in [0.717, 1.165) is 25.0 Å². The van der Waals surface area contributed by atoms with Gasteiger partial charge in [-0.3, -0.25) is 9.59 Å². The fourth-order valence-electron chi connectivity index (χ4n) is 2.39. The topological polar surface area (TPSA) is 73.2 Å². The Bertz CT molecular complexity index is 545. The first-order valence-corrected chi connectivity index (χ1v) is 7.17. The zero-order valence-corrected chi connectivity index (χ0v) is 11.4. The smallest absolute Gasteiger partial charge is 0.266 e. The lowest BCUT2D eigenvalue weighted by molar-refractivity contribution is -0.124. The minimum absolute atomic E-state index is 0.00824. The maximum atomic E-state index is 11.8. The summed E-state index contributed by atoms with van der Waals surface area (Å²) in [6.45, 7) is 2.00. The number of nitrogens with zero attached hydrogens (tertiary/aromatic N) is 2. The van der Waals surface area contributed by atoms with Gasteiger partial charge in [-0.15, -0.1) is 0 Å². The van der Waals surface area contributed by atoms with Crippen molar-refractivity contribution >= 4 is 5.91 Å². The summed E-state index contributed by atoms with van der Waals surface area (Å²) in [4.78, 5) is 23.5. The average Bonchev–Trinajstić information content (AvgIpc) is 3.15. The van der Waals surface area contributed by atoms with Crippen LogP contribution in [0.3, 0.4) is 0 Å². The normalized spacial score (nSPS) is 21.9. The van der Waals surface area contributed by atoms with E-state index < -0.39 is 0 Å². The van der Waals surface area contributed by atoms with Gasteiger partial charge in [-0.2, -0.15) is 5.10 Å². The molecule has 20 heavy (non-hydrogen) atoms. The highest BCUT2D eigenvalue weighted by atomic mass is 16.5. The van der Waals surface area contributed by atoms with Crippen LogP contribution >= 0.6 is 0 Å². The third-order valence-corrected chi connectivity index (χ3v) is 3.81. The fraction of sp³-hybridized carbons (Fsp3) is 0.643. The van der Waals surface area contributed by atoms with E-state index in [1.54, 1.807) is 6.07 Å². The SMILES string of the molecule is O=C(NCCn1nc(C2CC2)ccc1=O)C1CCOC1. The summed E-state index contributed by atoms with van der Waals surface area (Å²) in [5.74, 6) is 0.485. The number of aromatic nitrogens is 2. The molecular formula is C14H19N3O3. The van der Waals surface area contributed by atoms with E-state index >= 15 is 0 Å². The number of amides is 1. The third kappa shape index (κ3) is 3.07. The van der Waals surface area contributed by atoms with Gasteiger partial charge in [0.1, 0.15) is 0 Å². The lowest BCUT2D eigenvalue weighted by Gasteiger charge is -2.10. The van der Waals surface area contributed by atoms with E-state index in [1.807, 2.05) is 6.07 Å². The molecule has 6 heteroatoms. The standard InChI is InChI=1S/C14H19N3O3/c18-13-4-3-12(10-1-2-10)16-17(13)7-6-15-14(19)11-5-8-20-9-11/h3-4,10-11H,1-2,5-9H2,(H,15,19). The maximum absolute atomic E-state index is 11.8. The van der Waals surface area contributed by atoms with Crippen molar-refractivity contribution in [2.45, 2.75) is 31.7 Å². The summed E-state index contributed by atoms with van der Waals surface area (Å²) in [6, 6.07) is 3.37. The molecule has 2 fully saturated rings. The molecular weight excluding hydrogens is 258 g/mol. The quantitative estimate of drug-likeness (QED) is 0.838. The highest BCUT2D eigenvalue weighted by Crippen LogP contribution is 2.38. The van der Waals surface area contributed by atoms with Crippen molar-refractivity contribution in [3.8, 4) is 0 Å². The number of hydrogen-bond acceptors (Lipinski definition) is 4. The first-order valence-electron chi connectivity index (χ1n) is 7.17. The Morgan fingerprint density at radius 1 is 1.40 bits per heavy atom. The van der Waals surface area contributed by atoms with E-state index in [0.29, 0.717) is 32.2 Å². The number of carbonyl (C=O) groups excluding carboxylic acids is 1. The molecule has 1 saturated heterocycles. The largest absolute Gasteiger partial charge is 0.381 e. The maximum Gasteiger partial charge on any atom is 0.266 e. The van der Waals surface area contributed by atoms with Gasteiger partial charge >= 0.3 is 0 Å². The molecule has 1 aromatic heterocycles. The van der Waals surface area contributed by atoms with Crippen molar-refractivity contribution in [2.75, 3.05) is 19.8 Å². The number of rotatable bonds is 5. The van der Waals surface area contributed by atoms with Gasteiger partial charge in [0.2, 0.25) is 5.91 Å². The summed E-state index contributed by atoms with van der Waals surface area (Å²) >= 11 is 0. The number of carbonyl (C=O) groups is 1. The van der Waals surface area contributed by atoms with Crippen LogP contribution < -0.4 is 10.9 Å². The zero-order chi connectivity index (χ0) is 13.9. The molecule has 2 heterocycles. The summed E-state index contributed by atoms with van der Waals surface area (Å²) in [6.07, 6.45) is 3.09. The van der Waals surface area contributed by atoms with Crippen LogP contribution in [-0.4, -0.2) is 35.4 Å². The Labute approximate surface area is 117 Å². The van der Waals surface area contributed by atoms with Crippen LogP contribution in [0.15, 0.2) is 16.9 Å². The van der Waals surface area contributed by atoms with Gasteiger partial charge in [0.05, 0.1) is 24.8 Å². The second-order valence-corrected chi connectivity index (χ2v) is 5.45. The van der Waals surface area contributed by atoms with Gasteiger partial charge in [0.25, 0.3) is 5.56 Å². The molecule has 2 aliphatic rings. The van der Waals surface area contributed by atoms with E-state index in [-0.39, 0.29) is 17.4 Å².